The highest BCUT2D eigenvalue weighted by molar-refractivity contribution is 5.39. The maximum absolute atomic E-state index is 10.4. The topological polar surface area (TPSA) is 60.7 Å². The van der Waals surface area contributed by atoms with Gasteiger partial charge in [-0.15, -0.1) is 0 Å². The Labute approximate surface area is 190 Å². The van der Waals surface area contributed by atoms with Crippen LogP contribution in [0.2, 0.25) is 0 Å². The molecule has 0 radical (unpaired) electrons. The zero-order valence-corrected chi connectivity index (χ0v) is 20.5. The summed E-state index contributed by atoms with van der Waals surface area (Å²) >= 11 is 0. The molecule has 0 aliphatic heterocycles. The lowest BCUT2D eigenvalue weighted by Gasteiger charge is -2.44. The third-order valence-electron chi connectivity index (χ3n) is 8.97. The van der Waals surface area contributed by atoms with Crippen LogP contribution in [0.4, 0.5) is 0 Å². The molecule has 0 aromatic heterocycles. The van der Waals surface area contributed by atoms with Crippen LogP contribution in [0, 0.1) is 29.1 Å². The van der Waals surface area contributed by atoms with Crippen molar-refractivity contribution in [1.82, 2.24) is 0 Å². The molecule has 3 nitrogen and oxygen atoms in total. The van der Waals surface area contributed by atoms with E-state index < -0.39 is 17.8 Å². The van der Waals surface area contributed by atoms with E-state index in [0.717, 1.165) is 36.3 Å². The molecule has 0 bridgehead atoms. The highest BCUT2D eigenvalue weighted by Crippen LogP contribution is 2.60. The molecule has 3 heteroatoms. The molecule has 3 N–H and O–H groups in total. The first kappa shape index (κ1) is 24.7. The maximum atomic E-state index is 10.4. The summed E-state index contributed by atoms with van der Waals surface area (Å²) in [5.74, 6) is 1.94. The SMILES string of the molecule is C=C1/C(=C/C=C2\CCCC3(C)C2CCC3[C@H](C)CCCC(C)(C)O)C[C@@H](O)[C@H](C)[C@@H]1O. The van der Waals surface area contributed by atoms with E-state index in [-0.39, 0.29) is 5.92 Å². The molecule has 176 valence electrons. The fraction of sp³-hybridized carbons (Fsp3) is 0.786. The molecule has 0 amide bonds. The molecule has 3 fully saturated rings. The molecule has 0 aromatic rings. The number of hydrogen-bond acceptors (Lipinski definition) is 3. The summed E-state index contributed by atoms with van der Waals surface area (Å²) in [4.78, 5) is 0. The summed E-state index contributed by atoms with van der Waals surface area (Å²) in [5, 5.41) is 30.7. The zero-order chi connectivity index (χ0) is 23.0. The predicted molar refractivity (Wildman–Crippen MR) is 129 cm³/mol. The first-order valence-electron chi connectivity index (χ1n) is 12.6. The Hall–Kier alpha value is -0.900. The standard InChI is InChI=1S/C28H46O3/c1-18(9-7-15-27(4,5)31)23-13-14-24-21(10-8-16-28(23,24)6)11-12-22-17-25(29)20(3)26(30)19(22)2/h11-12,18,20,23-26,29-31H,2,7-10,13-17H2,1,3-6H3/b21-11+,22-12+/t18-,20+,23?,24?,25-,26-,28?/m1/s1. The van der Waals surface area contributed by atoms with Crippen molar-refractivity contribution in [2.45, 2.75) is 110 Å². The van der Waals surface area contributed by atoms with E-state index in [4.69, 9.17) is 0 Å². The van der Waals surface area contributed by atoms with Crippen molar-refractivity contribution in [2.24, 2.45) is 29.1 Å². The van der Waals surface area contributed by atoms with Gasteiger partial charge in [0.1, 0.15) is 0 Å². The van der Waals surface area contributed by atoms with Crippen molar-refractivity contribution in [3.8, 4) is 0 Å². The van der Waals surface area contributed by atoms with Gasteiger partial charge in [-0.25, -0.2) is 0 Å². The summed E-state index contributed by atoms with van der Waals surface area (Å²) in [6.45, 7) is 14.8. The first-order valence-corrected chi connectivity index (χ1v) is 12.6. The Bertz CT molecular complexity index is 712. The normalized spacial score (nSPS) is 40.4. The molecule has 0 heterocycles. The average molecular weight is 431 g/mol. The van der Waals surface area contributed by atoms with Crippen LogP contribution < -0.4 is 0 Å². The van der Waals surface area contributed by atoms with Crippen LogP contribution in [-0.2, 0) is 0 Å². The Morgan fingerprint density at radius 2 is 1.94 bits per heavy atom. The van der Waals surface area contributed by atoms with E-state index in [9.17, 15) is 15.3 Å². The van der Waals surface area contributed by atoms with Gasteiger partial charge in [0.05, 0.1) is 17.8 Å². The number of rotatable bonds is 6. The van der Waals surface area contributed by atoms with Gasteiger partial charge in [0.2, 0.25) is 0 Å². The molecule has 0 spiro atoms. The fourth-order valence-electron chi connectivity index (χ4n) is 6.91. The van der Waals surface area contributed by atoms with Crippen LogP contribution in [0.25, 0.3) is 0 Å². The lowest BCUT2D eigenvalue weighted by Crippen LogP contribution is -2.36. The average Bonchev–Trinajstić information content (AvgIpc) is 3.04. The van der Waals surface area contributed by atoms with Crippen molar-refractivity contribution < 1.29 is 15.3 Å². The second kappa shape index (κ2) is 9.53. The first-order chi connectivity index (χ1) is 14.4. The van der Waals surface area contributed by atoms with Crippen LogP contribution in [0.5, 0.6) is 0 Å². The van der Waals surface area contributed by atoms with Crippen LogP contribution >= 0.6 is 0 Å². The van der Waals surface area contributed by atoms with Gasteiger partial charge in [0.25, 0.3) is 0 Å². The van der Waals surface area contributed by atoms with Crippen LogP contribution in [0.15, 0.2) is 35.5 Å². The number of allylic oxidation sites excluding steroid dienone is 3. The number of aliphatic hydroxyl groups excluding tert-OH is 2. The maximum Gasteiger partial charge on any atom is 0.0837 e. The van der Waals surface area contributed by atoms with Crippen molar-refractivity contribution in [3.05, 3.63) is 35.5 Å². The van der Waals surface area contributed by atoms with Gasteiger partial charge >= 0.3 is 0 Å². The molecule has 3 aliphatic rings. The summed E-state index contributed by atoms with van der Waals surface area (Å²) in [7, 11) is 0. The van der Waals surface area contributed by atoms with Crippen LogP contribution in [0.3, 0.4) is 0 Å². The minimum atomic E-state index is -0.648. The van der Waals surface area contributed by atoms with Crippen molar-refractivity contribution in [2.75, 3.05) is 0 Å². The third kappa shape index (κ3) is 5.37. The zero-order valence-electron chi connectivity index (χ0n) is 20.5. The Kier molecular flexibility index (Phi) is 7.61. The highest BCUT2D eigenvalue weighted by atomic mass is 16.3. The molecule has 31 heavy (non-hydrogen) atoms. The summed E-state index contributed by atoms with van der Waals surface area (Å²) in [6, 6.07) is 0. The largest absolute Gasteiger partial charge is 0.392 e. The lowest BCUT2D eigenvalue weighted by molar-refractivity contribution is 0.0283. The van der Waals surface area contributed by atoms with E-state index >= 15 is 0 Å². The highest BCUT2D eigenvalue weighted by Gasteiger charge is 2.50. The monoisotopic (exact) mass is 430 g/mol. The number of aliphatic hydroxyl groups is 3. The number of hydrogen-bond donors (Lipinski definition) is 3. The molecule has 3 rings (SSSR count). The van der Waals surface area contributed by atoms with Gasteiger partial charge in [-0.3, -0.25) is 0 Å². The predicted octanol–water partition coefficient (Wildman–Crippen LogP) is 5.95. The molecular formula is C28H46O3. The van der Waals surface area contributed by atoms with Crippen molar-refractivity contribution in [1.29, 1.82) is 0 Å². The second-order valence-electron chi connectivity index (χ2n) is 11.8. The van der Waals surface area contributed by atoms with Gasteiger partial charge in [0, 0.05) is 5.92 Å². The Morgan fingerprint density at radius 3 is 2.61 bits per heavy atom. The minimum Gasteiger partial charge on any atom is -0.392 e. The summed E-state index contributed by atoms with van der Waals surface area (Å²) < 4.78 is 0. The minimum absolute atomic E-state index is 0.149. The lowest BCUT2D eigenvalue weighted by atomic mass is 9.60. The fourth-order valence-corrected chi connectivity index (χ4v) is 6.91. The molecule has 3 unspecified atom stereocenters. The van der Waals surface area contributed by atoms with Crippen LogP contribution in [0.1, 0.15) is 92.4 Å². The van der Waals surface area contributed by atoms with E-state index in [2.05, 4.69) is 32.6 Å². The van der Waals surface area contributed by atoms with Crippen molar-refractivity contribution >= 4 is 0 Å². The van der Waals surface area contributed by atoms with Crippen LogP contribution in [-0.4, -0.2) is 33.1 Å². The molecule has 7 atom stereocenters. The van der Waals surface area contributed by atoms with Gasteiger partial charge in [0.15, 0.2) is 0 Å². The van der Waals surface area contributed by atoms with E-state index in [1.165, 1.54) is 32.1 Å². The Morgan fingerprint density at radius 1 is 1.23 bits per heavy atom. The van der Waals surface area contributed by atoms with Gasteiger partial charge in [-0.2, -0.15) is 0 Å². The van der Waals surface area contributed by atoms with E-state index in [0.29, 0.717) is 23.7 Å². The molecule has 0 aromatic carbocycles. The van der Waals surface area contributed by atoms with Gasteiger partial charge < -0.3 is 15.3 Å². The smallest absolute Gasteiger partial charge is 0.0837 e. The summed E-state index contributed by atoms with van der Waals surface area (Å²) in [6.07, 6.45) is 13.4. The molecule has 3 aliphatic carbocycles. The number of fused-ring (bicyclic) bond motifs is 1. The van der Waals surface area contributed by atoms with E-state index in [1.807, 2.05) is 20.8 Å². The van der Waals surface area contributed by atoms with Crippen molar-refractivity contribution in [3.63, 3.8) is 0 Å². The molecular weight excluding hydrogens is 384 g/mol. The summed E-state index contributed by atoms with van der Waals surface area (Å²) in [5.41, 5.74) is 3.15. The quantitative estimate of drug-likeness (QED) is 0.488. The Balaban J connectivity index is 1.71. The second-order valence-corrected chi connectivity index (χ2v) is 11.8. The van der Waals surface area contributed by atoms with E-state index in [1.54, 1.807) is 5.57 Å². The molecule has 3 saturated carbocycles. The third-order valence-corrected chi connectivity index (χ3v) is 8.97. The molecule has 0 saturated heterocycles. The van der Waals surface area contributed by atoms with Gasteiger partial charge in [-0.05, 0) is 93.1 Å². The van der Waals surface area contributed by atoms with Gasteiger partial charge in [-0.1, -0.05) is 57.9 Å².